The van der Waals surface area contributed by atoms with Gasteiger partial charge in [0.1, 0.15) is 5.82 Å². The Balaban J connectivity index is 2.14. The summed E-state index contributed by atoms with van der Waals surface area (Å²) in [6.07, 6.45) is 4.32. The highest BCUT2D eigenvalue weighted by Crippen LogP contribution is 2.26. The molecule has 1 aliphatic rings. The SMILES string of the molecule is COCC1=CCN(c2ncc(C(=O)O)cc2Cl)CC1. The summed E-state index contributed by atoms with van der Waals surface area (Å²) in [5.41, 5.74) is 1.36. The fraction of sp³-hybridized carbons (Fsp3) is 0.385. The van der Waals surface area contributed by atoms with E-state index in [0.29, 0.717) is 24.0 Å². The normalized spacial score (nSPS) is 15.3. The molecule has 0 aromatic carbocycles. The standard InChI is InChI=1S/C13H15ClN2O3/c1-19-8-9-2-4-16(5-3-9)12-11(14)6-10(7-15-12)13(17)18/h2,6-7H,3-5,8H2,1H3,(H,17,18). The molecule has 0 saturated carbocycles. The van der Waals surface area contributed by atoms with Crippen molar-refractivity contribution in [1.29, 1.82) is 0 Å². The minimum Gasteiger partial charge on any atom is -0.478 e. The van der Waals surface area contributed by atoms with Gasteiger partial charge < -0.3 is 14.7 Å². The van der Waals surface area contributed by atoms with Gasteiger partial charge in [-0.25, -0.2) is 9.78 Å². The van der Waals surface area contributed by atoms with Crippen LogP contribution in [-0.2, 0) is 4.74 Å². The number of rotatable bonds is 4. The molecule has 6 heteroatoms. The summed E-state index contributed by atoms with van der Waals surface area (Å²) in [7, 11) is 1.68. The zero-order valence-corrected chi connectivity index (χ0v) is 11.4. The van der Waals surface area contributed by atoms with Gasteiger partial charge in [0.25, 0.3) is 0 Å². The summed E-state index contributed by atoms with van der Waals surface area (Å²) in [5.74, 6) is -0.402. The second-order valence-corrected chi connectivity index (χ2v) is 4.73. The van der Waals surface area contributed by atoms with Crippen molar-refractivity contribution in [2.45, 2.75) is 6.42 Å². The van der Waals surface area contributed by atoms with Gasteiger partial charge in [0.15, 0.2) is 0 Å². The summed E-state index contributed by atoms with van der Waals surface area (Å²) in [6, 6.07) is 1.43. The van der Waals surface area contributed by atoms with Crippen molar-refractivity contribution in [3.8, 4) is 0 Å². The van der Waals surface area contributed by atoms with Crippen LogP contribution in [0.2, 0.25) is 5.02 Å². The molecule has 0 fully saturated rings. The monoisotopic (exact) mass is 282 g/mol. The van der Waals surface area contributed by atoms with Gasteiger partial charge in [-0.15, -0.1) is 0 Å². The maximum atomic E-state index is 10.8. The Morgan fingerprint density at radius 2 is 2.42 bits per heavy atom. The van der Waals surface area contributed by atoms with Crippen molar-refractivity contribution in [3.63, 3.8) is 0 Å². The highest BCUT2D eigenvalue weighted by Gasteiger charge is 2.17. The molecule has 0 aliphatic carbocycles. The average molecular weight is 283 g/mol. The molecule has 2 heterocycles. The first-order chi connectivity index (χ1) is 9.11. The number of carbonyl (C=O) groups is 1. The summed E-state index contributed by atoms with van der Waals surface area (Å²) in [4.78, 5) is 17.0. The van der Waals surface area contributed by atoms with E-state index in [1.54, 1.807) is 7.11 Å². The van der Waals surface area contributed by atoms with Crippen LogP contribution in [0.15, 0.2) is 23.9 Å². The van der Waals surface area contributed by atoms with Crippen LogP contribution in [-0.4, -0.2) is 42.9 Å². The Hall–Kier alpha value is -1.59. The van der Waals surface area contributed by atoms with Crippen LogP contribution in [0.25, 0.3) is 0 Å². The van der Waals surface area contributed by atoms with Gasteiger partial charge in [0.2, 0.25) is 0 Å². The van der Waals surface area contributed by atoms with Crippen LogP contribution in [0.3, 0.4) is 0 Å². The van der Waals surface area contributed by atoms with Crippen molar-refractivity contribution in [2.24, 2.45) is 0 Å². The number of ether oxygens (including phenoxy) is 1. The fourth-order valence-corrected chi connectivity index (χ4v) is 2.29. The minimum absolute atomic E-state index is 0.0985. The number of halogens is 1. The summed E-state index contributed by atoms with van der Waals surface area (Å²) in [6.45, 7) is 2.15. The maximum absolute atomic E-state index is 10.8. The lowest BCUT2D eigenvalue weighted by Crippen LogP contribution is -2.30. The van der Waals surface area contributed by atoms with Crippen LogP contribution in [0.5, 0.6) is 0 Å². The third-order valence-electron chi connectivity index (χ3n) is 3.00. The first-order valence-corrected chi connectivity index (χ1v) is 6.30. The first-order valence-electron chi connectivity index (χ1n) is 5.92. The number of pyridine rings is 1. The summed E-state index contributed by atoms with van der Waals surface area (Å²) < 4.78 is 5.09. The topological polar surface area (TPSA) is 62.7 Å². The van der Waals surface area contributed by atoms with E-state index in [9.17, 15) is 4.79 Å². The molecule has 2 rings (SSSR count). The van der Waals surface area contributed by atoms with E-state index < -0.39 is 5.97 Å². The lowest BCUT2D eigenvalue weighted by molar-refractivity contribution is 0.0696. The Morgan fingerprint density at radius 1 is 1.63 bits per heavy atom. The number of hydrogen-bond acceptors (Lipinski definition) is 4. The number of methoxy groups -OCH3 is 1. The zero-order valence-electron chi connectivity index (χ0n) is 10.6. The minimum atomic E-state index is -1.03. The molecule has 0 spiro atoms. The van der Waals surface area contributed by atoms with Crippen LogP contribution in [0, 0.1) is 0 Å². The fourth-order valence-electron chi connectivity index (χ4n) is 2.00. The smallest absolute Gasteiger partial charge is 0.337 e. The summed E-state index contributed by atoms with van der Waals surface area (Å²) >= 11 is 6.09. The van der Waals surface area contributed by atoms with E-state index in [0.717, 1.165) is 13.0 Å². The van der Waals surface area contributed by atoms with Gasteiger partial charge in [-0.2, -0.15) is 0 Å². The largest absolute Gasteiger partial charge is 0.478 e. The maximum Gasteiger partial charge on any atom is 0.337 e. The van der Waals surface area contributed by atoms with Crippen molar-refractivity contribution in [3.05, 3.63) is 34.5 Å². The van der Waals surface area contributed by atoms with Crippen LogP contribution in [0.1, 0.15) is 16.8 Å². The second kappa shape index (κ2) is 6.04. The predicted octanol–water partition coefficient (Wildman–Crippen LogP) is 2.22. The molecule has 0 radical (unpaired) electrons. The predicted molar refractivity (Wildman–Crippen MR) is 73.0 cm³/mol. The Kier molecular flexibility index (Phi) is 4.39. The van der Waals surface area contributed by atoms with Gasteiger partial charge in [0.05, 0.1) is 17.2 Å². The van der Waals surface area contributed by atoms with E-state index in [2.05, 4.69) is 11.1 Å². The van der Waals surface area contributed by atoms with Gasteiger partial charge in [0, 0.05) is 26.4 Å². The molecule has 19 heavy (non-hydrogen) atoms. The van der Waals surface area contributed by atoms with Crippen LogP contribution < -0.4 is 4.90 Å². The number of hydrogen-bond donors (Lipinski definition) is 1. The third-order valence-corrected chi connectivity index (χ3v) is 3.28. The number of carboxylic acid groups (broad SMARTS) is 1. The lowest BCUT2D eigenvalue weighted by atomic mass is 10.1. The highest BCUT2D eigenvalue weighted by molar-refractivity contribution is 6.33. The van der Waals surface area contributed by atoms with Gasteiger partial charge in [-0.05, 0) is 18.1 Å². The molecule has 1 aromatic heterocycles. The van der Waals surface area contributed by atoms with Gasteiger partial charge in [-0.3, -0.25) is 0 Å². The molecule has 1 aliphatic heterocycles. The van der Waals surface area contributed by atoms with E-state index in [-0.39, 0.29) is 5.56 Å². The van der Waals surface area contributed by atoms with Gasteiger partial charge >= 0.3 is 5.97 Å². The molecule has 1 N–H and O–H groups in total. The second-order valence-electron chi connectivity index (χ2n) is 4.33. The molecular formula is C13H15ClN2O3. The van der Waals surface area contributed by atoms with Gasteiger partial charge in [-0.1, -0.05) is 17.7 Å². The molecular weight excluding hydrogens is 268 g/mol. The molecule has 5 nitrogen and oxygen atoms in total. The molecule has 1 aromatic rings. The molecule has 0 atom stereocenters. The van der Waals surface area contributed by atoms with Crippen molar-refractivity contribution >= 4 is 23.4 Å². The lowest BCUT2D eigenvalue weighted by Gasteiger charge is -2.28. The van der Waals surface area contributed by atoms with Crippen LogP contribution in [0.4, 0.5) is 5.82 Å². The van der Waals surface area contributed by atoms with E-state index in [1.165, 1.54) is 17.8 Å². The van der Waals surface area contributed by atoms with Crippen molar-refractivity contribution in [2.75, 3.05) is 31.7 Å². The number of aromatic nitrogens is 1. The van der Waals surface area contributed by atoms with Crippen molar-refractivity contribution in [1.82, 2.24) is 4.98 Å². The zero-order chi connectivity index (χ0) is 13.8. The Morgan fingerprint density at radius 3 is 2.95 bits per heavy atom. The first kappa shape index (κ1) is 13.8. The Bertz CT molecular complexity index is 517. The van der Waals surface area contributed by atoms with E-state index in [1.807, 2.05) is 4.90 Å². The molecule has 0 unspecified atom stereocenters. The molecule has 0 amide bonds. The number of carboxylic acids is 1. The summed E-state index contributed by atoms with van der Waals surface area (Å²) in [5, 5.41) is 9.23. The molecule has 102 valence electrons. The number of nitrogens with zero attached hydrogens (tertiary/aromatic N) is 2. The Labute approximate surface area is 116 Å². The average Bonchev–Trinajstić information content (AvgIpc) is 2.40. The molecule has 0 saturated heterocycles. The third kappa shape index (κ3) is 3.24. The quantitative estimate of drug-likeness (QED) is 0.858. The van der Waals surface area contributed by atoms with Crippen molar-refractivity contribution < 1.29 is 14.6 Å². The number of anilines is 1. The highest BCUT2D eigenvalue weighted by atomic mass is 35.5. The van der Waals surface area contributed by atoms with E-state index in [4.69, 9.17) is 21.4 Å². The van der Waals surface area contributed by atoms with Crippen LogP contribution >= 0.6 is 11.6 Å². The number of aromatic carboxylic acids is 1. The molecule has 0 bridgehead atoms. The van der Waals surface area contributed by atoms with E-state index >= 15 is 0 Å².